The zero-order valence-corrected chi connectivity index (χ0v) is 12.6. The number of carbonyl (C=O) groups excluding carboxylic acids is 1. The summed E-state index contributed by atoms with van der Waals surface area (Å²) in [4.78, 5) is 23.7. The topological polar surface area (TPSA) is 52.2 Å². The van der Waals surface area contributed by atoms with Crippen LogP contribution in [0.1, 0.15) is 37.8 Å². The Labute approximate surface area is 121 Å². The predicted octanol–water partition coefficient (Wildman–Crippen LogP) is 1.88. The maximum Gasteiger partial charge on any atom is 0.223 e. The Morgan fingerprint density at radius 3 is 2.70 bits per heavy atom. The van der Waals surface area contributed by atoms with Crippen molar-refractivity contribution in [1.29, 1.82) is 0 Å². The number of amides is 1. The highest BCUT2D eigenvalue weighted by Crippen LogP contribution is 2.28. The molecule has 0 aromatic carbocycles. The summed E-state index contributed by atoms with van der Waals surface area (Å²) in [7, 11) is 4.08. The van der Waals surface area contributed by atoms with Gasteiger partial charge >= 0.3 is 0 Å². The van der Waals surface area contributed by atoms with E-state index < -0.39 is 0 Å². The molecule has 5 heteroatoms. The van der Waals surface area contributed by atoms with Gasteiger partial charge in [0, 0.05) is 25.7 Å². The molecule has 1 fully saturated rings. The summed E-state index contributed by atoms with van der Waals surface area (Å²) >= 11 is 0. The number of aromatic amines is 1. The van der Waals surface area contributed by atoms with Crippen LogP contribution in [-0.2, 0) is 11.3 Å². The average Bonchev–Trinajstić information content (AvgIpc) is 3.06. The largest absolute Gasteiger partial charge is 0.347 e. The normalized spacial score (nSPS) is 15.9. The molecular formula is C15H26N4O. The monoisotopic (exact) mass is 278 g/mol. The number of carbonyl (C=O) groups is 1. The zero-order valence-electron chi connectivity index (χ0n) is 12.6. The number of nitrogens with zero attached hydrogens (tertiary/aromatic N) is 3. The van der Waals surface area contributed by atoms with E-state index in [2.05, 4.69) is 14.9 Å². The lowest BCUT2D eigenvalue weighted by molar-refractivity contribution is -0.133. The van der Waals surface area contributed by atoms with Crippen molar-refractivity contribution in [3.05, 3.63) is 18.2 Å². The molecule has 0 aliphatic heterocycles. The van der Waals surface area contributed by atoms with Crippen molar-refractivity contribution in [3.8, 4) is 0 Å². The third kappa shape index (κ3) is 4.63. The highest BCUT2D eigenvalue weighted by molar-refractivity contribution is 5.76. The smallest absolute Gasteiger partial charge is 0.223 e. The molecule has 1 saturated carbocycles. The summed E-state index contributed by atoms with van der Waals surface area (Å²) in [6.45, 7) is 2.31. The van der Waals surface area contributed by atoms with Gasteiger partial charge in [-0.15, -0.1) is 0 Å². The van der Waals surface area contributed by atoms with Gasteiger partial charge in [-0.25, -0.2) is 4.98 Å². The van der Waals surface area contributed by atoms with Gasteiger partial charge in [0.2, 0.25) is 5.91 Å². The maximum absolute atomic E-state index is 12.5. The van der Waals surface area contributed by atoms with Crippen LogP contribution >= 0.6 is 0 Å². The van der Waals surface area contributed by atoms with E-state index in [1.54, 1.807) is 12.5 Å². The van der Waals surface area contributed by atoms with Crippen molar-refractivity contribution < 1.29 is 4.79 Å². The first-order chi connectivity index (χ1) is 9.65. The Morgan fingerprint density at radius 1 is 1.35 bits per heavy atom. The summed E-state index contributed by atoms with van der Waals surface area (Å²) in [5.41, 5.74) is 1.00. The maximum atomic E-state index is 12.5. The van der Waals surface area contributed by atoms with E-state index >= 15 is 0 Å². The van der Waals surface area contributed by atoms with Gasteiger partial charge in [0.15, 0.2) is 0 Å². The Balaban J connectivity index is 1.90. The van der Waals surface area contributed by atoms with Crippen molar-refractivity contribution in [2.24, 2.45) is 5.92 Å². The first-order valence-electron chi connectivity index (χ1n) is 7.55. The molecule has 1 aromatic heterocycles. The lowest BCUT2D eigenvalue weighted by Gasteiger charge is -2.25. The van der Waals surface area contributed by atoms with Gasteiger partial charge in [0.05, 0.1) is 18.6 Å². The Kier molecular flexibility index (Phi) is 5.59. The minimum atomic E-state index is 0.286. The zero-order chi connectivity index (χ0) is 14.4. The Morgan fingerprint density at radius 2 is 2.10 bits per heavy atom. The van der Waals surface area contributed by atoms with Crippen molar-refractivity contribution in [1.82, 2.24) is 19.8 Å². The van der Waals surface area contributed by atoms with Gasteiger partial charge in [-0.1, -0.05) is 12.8 Å². The van der Waals surface area contributed by atoms with Crippen molar-refractivity contribution in [2.75, 3.05) is 27.2 Å². The molecule has 5 nitrogen and oxygen atoms in total. The lowest BCUT2D eigenvalue weighted by Crippen LogP contribution is -2.37. The third-order valence-corrected chi connectivity index (χ3v) is 4.02. The molecule has 1 aliphatic carbocycles. The summed E-state index contributed by atoms with van der Waals surface area (Å²) in [5.74, 6) is 0.888. The van der Waals surface area contributed by atoms with Gasteiger partial charge in [-0.2, -0.15) is 0 Å². The molecule has 2 rings (SSSR count). The highest BCUT2D eigenvalue weighted by Gasteiger charge is 2.22. The molecule has 1 aliphatic rings. The molecule has 0 unspecified atom stereocenters. The Bertz CT molecular complexity index is 396. The van der Waals surface area contributed by atoms with Gasteiger partial charge in [0.25, 0.3) is 0 Å². The van der Waals surface area contributed by atoms with Crippen molar-refractivity contribution in [3.63, 3.8) is 0 Å². The summed E-state index contributed by atoms with van der Waals surface area (Å²) in [6, 6.07) is 0. The molecule has 0 saturated heterocycles. The molecule has 1 aromatic rings. The van der Waals surface area contributed by atoms with E-state index in [9.17, 15) is 4.79 Å². The van der Waals surface area contributed by atoms with Crippen LogP contribution in [0.3, 0.4) is 0 Å². The molecule has 0 atom stereocenters. The number of likely N-dealkylation sites (N-methyl/N-ethyl adjacent to an activating group) is 1. The van der Waals surface area contributed by atoms with E-state index in [1.165, 1.54) is 25.7 Å². The number of rotatable bonds is 7. The molecule has 0 radical (unpaired) electrons. The van der Waals surface area contributed by atoms with Crippen molar-refractivity contribution >= 4 is 5.91 Å². The lowest BCUT2D eigenvalue weighted by atomic mass is 10.0. The van der Waals surface area contributed by atoms with E-state index in [0.29, 0.717) is 18.9 Å². The number of nitrogens with one attached hydrogen (secondary N) is 1. The fourth-order valence-electron chi connectivity index (χ4n) is 2.78. The van der Waals surface area contributed by atoms with Crippen LogP contribution in [0.15, 0.2) is 12.5 Å². The minimum absolute atomic E-state index is 0.286. The highest BCUT2D eigenvalue weighted by atomic mass is 16.2. The molecule has 0 bridgehead atoms. The molecule has 1 amide bonds. The molecule has 1 N–H and O–H groups in total. The van der Waals surface area contributed by atoms with Crippen LogP contribution in [0, 0.1) is 5.92 Å². The van der Waals surface area contributed by atoms with Crippen LogP contribution < -0.4 is 0 Å². The fraction of sp³-hybridized carbons (Fsp3) is 0.733. The van der Waals surface area contributed by atoms with Crippen LogP contribution in [-0.4, -0.2) is 52.9 Å². The van der Waals surface area contributed by atoms with Crippen LogP contribution in [0.2, 0.25) is 0 Å². The minimum Gasteiger partial charge on any atom is -0.347 e. The SMILES string of the molecule is CN(C)CCN(Cc1cnc[nH]1)C(=O)CC1CCCC1. The third-order valence-electron chi connectivity index (χ3n) is 4.02. The fourth-order valence-corrected chi connectivity index (χ4v) is 2.78. The summed E-state index contributed by atoms with van der Waals surface area (Å²) < 4.78 is 0. The second-order valence-corrected chi connectivity index (χ2v) is 6.05. The number of aromatic nitrogens is 2. The van der Waals surface area contributed by atoms with Gasteiger partial charge in [-0.05, 0) is 32.9 Å². The van der Waals surface area contributed by atoms with E-state index in [1.807, 2.05) is 19.0 Å². The molecule has 20 heavy (non-hydrogen) atoms. The summed E-state index contributed by atoms with van der Waals surface area (Å²) in [6.07, 6.45) is 9.19. The second-order valence-electron chi connectivity index (χ2n) is 6.05. The summed E-state index contributed by atoms with van der Waals surface area (Å²) in [5, 5.41) is 0. The second kappa shape index (κ2) is 7.43. The van der Waals surface area contributed by atoms with Gasteiger partial charge < -0.3 is 14.8 Å². The van der Waals surface area contributed by atoms with Gasteiger partial charge in [0.1, 0.15) is 0 Å². The number of hydrogen-bond donors (Lipinski definition) is 1. The standard InChI is InChI=1S/C15H26N4O/c1-18(2)7-8-19(11-14-10-16-12-17-14)15(20)9-13-5-3-4-6-13/h10,12-13H,3-9,11H2,1-2H3,(H,16,17). The molecular weight excluding hydrogens is 252 g/mol. The molecule has 0 spiro atoms. The molecule has 112 valence electrons. The van der Waals surface area contributed by atoms with E-state index in [4.69, 9.17) is 0 Å². The average molecular weight is 278 g/mol. The first kappa shape index (κ1) is 15.0. The van der Waals surface area contributed by atoms with Crippen molar-refractivity contribution in [2.45, 2.75) is 38.6 Å². The Hall–Kier alpha value is -1.36. The van der Waals surface area contributed by atoms with Crippen LogP contribution in [0.25, 0.3) is 0 Å². The predicted molar refractivity (Wildman–Crippen MR) is 79.1 cm³/mol. The number of imidazole rings is 1. The number of H-pyrrole nitrogens is 1. The van der Waals surface area contributed by atoms with E-state index in [0.717, 1.165) is 18.8 Å². The van der Waals surface area contributed by atoms with Crippen LogP contribution in [0.4, 0.5) is 0 Å². The molecule has 1 heterocycles. The number of hydrogen-bond acceptors (Lipinski definition) is 3. The first-order valence-corrected chi connectivity index (χ1v) is 7.55. The van der Waals surface area contributed by atoms with E-state index in [-0.39, 0.29) is 5.91 Å². The quantitative estimate of drug-likeness (QED) is 0.828. The van der Waals surface area contributed by atoms with Crippen LogP contribution in [0.5, 0.6) is 0 Å². The van der Waals surface area contributed by atoms with Gasteiger partial charge in [-0.3, -0.25) is 4.79 Å².